The van der Waals surface area contributed by atoms with Crippen LogP contribution in [0.3, 0.4) is 0 Å². The van der Waals surface area contributed by atoms with Crippen molar-refractivity contribution in [3.63, 3.8) is 0 Å². The van der Waals surface area contributed by atoms with Gasteiger partial charge in [-0.1, -0.05) is 18.2 Å². The number of benzene rings is 1. The molecule has 1 heterocycles. The summed E-state index contributed by atoms with van der Waals surface area (Å²) in [6.07, 6.45) is 1.78. The molecular formula is C15H18N2O. The molecule has 1 unspecified atom stereocenters. The van der Waals surface area contributed by atoms with Gasteiger partial charge in [0.2, 0.25) is 0 Å². The summed E-state index contributed by atoms with van der Waals surface area (Å²) in [7, 11) is 1.95. The van der Waals surface area contributed by atoms with E-state index in [-0.39, 0.29) is 0 Å². The number of rotatable bonds is 5. The molecule has 2 rings (SSSR count). The Bertz CT molecular complexity index is 485. The quantitative estimate of drug-likeness (QED) is 0.875. The van der Waals surface area contributed by atoms with Crippen LogP contribution in [0.15, 0.2) is 48.7 Å². The van der Waals surface area contributed by atoms with Crippen molar-refractivity contribution in [3.05, 3.63) is 59.9 Å². The van der Waals surface area contributed by atoms with Gasteiger partial charge in [-0.25, -0.2) is 0 Å². The van der Waals surface area contributed by atoms with Gasteiger partial charge in [-0.3, -0.25) is 4.98 Å². The van der Waals surface area contributed by atoms with Gasteiger partial charge < -0.3 is 10.1 Å². The van der Waals surface area contributed by atoms with E-state index in [1.54, 1.807) is 6.20 Å². The summed E-state index contributed by atoms with van der Waals surface area (Å²) in [5.41, 5.74) is 2.15. The minimum absolute atomic E-state index is 0.323. The van der Waals surface area contributed by atoms with Gasteiger partial charge >= 0.3 is 0 Å². The second kappa shape index (κ2) is 6.17. The van der Waals surface area contributed by atoms with Crippen LogP contribution < -0.4 is 10.1 Å². The highest BCUT2D eigenvalue weighted by molar-refractivity contribution is 5.30. The monoisotopic (exact) mass is 242 g/mol. The molecule has 1 aromatic carbocycles. The van der Waals surface area contributed by atoms with Crippen LogP contribution in [0, 0.1) is 0 Å². The third-order valence-corrected chi connectivity index (χ3v) is 2.90. The fourth-order valence-electron chi connectivity index (χ4n) is 1.68. The fourth-order valence-corrected chi connectivity index (χ4v) is 1.68. The minimum Gasteiger partial charge on any atom is -0.487 e. The van der Waals surface area contributed by atoms with Crippen LogP contribution in [-0.4, -0.2) is 12.0 Å². The van der Waals surface area contributed by atoms with E-state index in [9.17, 15) is 0 Å². The zero-order valence-electron chi connectivity index (χ0n) is 10.8. The van der Waals surface area contributed by atoms with Gasteiger partial charge in [-0.2, -0.15) is 0 Å². The summed E-state index contributed by atoms with van der Waals surface area (Å²) >= 11 is 0. The SMILES string of the molecule is CNC(C)c1cccc(OCc2ccccn2)c1. The molecule has 0 spiro atoms. The number of hydrogen-bond acceptors (Lipinski definition) is 3. The molecular weight excluding hydrogens is 224 g/mol. The molecule has 0 amide bonds. The van der Waals surface area contributed by atoms with Gasteiger partial charge in [0.1, 0.15) is 12.4 Å². The summed E-state index contributed by atoms with van der Waals surface area (Å²) in [6, 6.07) is 14.3. The number of aromatic nitrogens is 1. The highest BCUT2D eigenvalue weighted by Gasteiger charge is 2.03. The molecule has 0 fully saturated rings. The maximum absolute atomic E-state index is 5.74. The van der Waals surface area contributed by atoms with Crippen LogP contribution in [0.25, 0.3) is 0 Å². The second-order valence-electron chi connectivity index (χ2n) is 4.19. The molecule has 0 aliphatic rings. The van der Waals surface area contributed by atoms with Gasteiger partial charge in [-0.15, -0.1) is 0 Å². The van der Waals surface area contributed by atoms with Crippen molar-refractivity contribution in [1.82, 2.24) is 10.3 Å². The third-order valence-electron chi connectivity index (χ3n) is 2.90. The second-order valence-corrected chi connectivity index (χ2v) is 4.19. The lowest BCUT2D eigenvalue weighted by molar-refractivity contribution is 0.301. The first kappa shape index (κ1) is 12.6. The van der Waals surface area contributed by atoms with Crippen molar-refractivity contribution in [1.29, 1.82) is 0 Å². The van der Waals surface area contributed by atoms with Gasteiger partial charge in [0.05, 0.1) is 5.69 Å². The number of nitrogens with one attached hydrogen (secondary N) is 1. The molecule has 1 atom stereocenters. The average Bonchev–Trinajstić information content (AvgIpc) is 2.45. The maximum atomic E-state index is 5.74. The van der Waals surface area contributed by atoms with E-state index in [0.717, 1.165) is 11.4 Å². The first-order chi connectivity index (χ1) is 8.79. The Morgan fingerprint density at radius 1 is 1.22 bits per heavy atom. The van der Waals surface area contributed by atoms with Gasteiger partial charge in [0.15, 0.2) is 0 Å². The normalized spacial score (nSPS) is 12.1. The average molecular weight is 242 g/mol. The molecule has 1 aromatic heterocycles. The Balaban J connectivity index is 2.01. The van der Waals surface area contributed by atoms with Crippen LogP contribution in [0.2, 0.25) is 0 Å². The highest BCUT2D eigenvalue weighted by atomic mass is 16.5. The van der Waals surface area contributed by atoms with Crippen LogP contribution in [0.4, 0.5) is 0 Å². The molecule has 0 radical (unpaired) electrons. The predicted molar refractivity (Wildman–Crippen MR) is 72.5 cm³/mol. The molecule has 0 bridgehead atoms. The number of hydrogen-bond donors (Lipinski definition) is 1. The molecule has 0 saturated carbocycles. The van der Waals surface area contributed by atoms with E-state index < -0.39 is 0 Å². The van der Waals surface area contributed by atoms with Crippen LogP contribution in [-0.2, 0) is 6.61 Å². The summed E-state index contributed by atoms with van der Waals surface area (Å²) in [6.45, 7) is 2.62. The summed E-state index contributed by atoms with van der Waals surface area (Å²) in [4.78, 5) is 4.23. The molecule has 0 aliphatic heterocycles. The summed E-state index contributed by atoms with van der Waals surface area (Å²) in [5.74, 6) is 0.875. The van der Waals surface area contributed by atoms with Crippen molar-refractivity contribution < 1.29 is 4.74 Å². The number of pyridine rings is 1. The minimum atomic E-state index is 0.323. The van der Waals surface area contributed by atoms with Gasteiger partial charge in [0, 0.05) is 12.2 Å². The Kier molecular flexibility index (Phi) is 4.31. The van der Waals surface area contributed by atoms with E-state index in [4.69, 9.17) is 4.74 Å². The zero-order valence-corrected chi connectivity index (χ0v) is 10.8. The Hall–Kier alpha value is -1.87. The first-order valence-corrected chi connectivity index (χ1v) is 6.09. The van der Waals surface area contributed by atoms with Crippen LogP contribution in [0.1, 0.15) is 24.2 Å². The van der Waals surface area contributed by atoms with Crippen molar-refractivity contribution in [2.45, 2.75) is 19.6 Å². The van der Waals surface area contributed by atoms with E-state index in [2.05, 4.69) is 29.4 Å². The van der Waals surface area contributed by atoms with Crippen molar-refractivity contribution >= 4 is 0 Å². The lowest BCUT2D eigenvalue weighted by Crippen LogP contribution is -2.12. The molecule has 1 N–H and O–H groups in total. The van der Waals surface area contributed by atoms with E-state index in [1.807, 2.05) is 37.4 Å². The maximum Gasteiger partial charge on any atom is 0.130 e. The lowest BCUT2D eigenvalue weighted by Gasteiger charge is -2.12. The Labute approximate surface area is 108 Å². The Morgan fingerprint density at radius 2 is 2.11 bits per heavy atom. The van der Waals surface area contributed by atoms with Crippen molar-refractivity contribution in [3.8, 4) is 5.75 Å². The first-order valence-electron chi connectivity index (χ1n) is 6.09. The molecule has 18 heavy (non-hydrogen) atoms. The lowest BCUT2D eigenvalue weighted by atomic mass is 10.1. The zero-order chi connectivity index (χ0) is 12.8. The third kappa shape index (κ3) is 3.31. The number of ether oxygens (including phenoxy) is 1. The molecule has 94 valence electrons. The highest BCUT2D eigenvalue weighted by Crippen LogP contribution is 2.19. The smallest absolute Gasteiger partial charge is 0.130 e. The molecule has 3 nitrogen and oxygen atoms in total. The summed E-state index contributed by atoms with van der Waals surface area (Å²) < 4.78 is 5.74. The standard InChI is InChI=1S/C15H18N2O/c1-12(16-2)13-6-5-8-15(10-13)18-11-14-7-3-4-9-17-14/h3-10,12,16H,11H2,1-2H3. The summed E-state index contributed by atoms with van der Waals surface area (Å²) in [5, 5.41) is 3.21. The van der Waals surface area contributed by atoms with Gasteiger partial charge in [0.25, 0.3) is 0 Å². The van der Waals surface area contributed by atoms with Gasteiger partial charge in [-0.05, 0) is 43.8 Å². The molecule has 0 saturated heterocycles. The van der Waals surface area contributed by atoms with Crippen LogP contribution in [0.5, 0.6) is 5.75 Å². The molecule has 3 heteroatoms. The van der Waals surface area contributed by atoms with E-state index in [0.29, 0.717) is 12.6 Å². The van der Waals surface area contributed by atoms with Crippen molar-refractivity contribution in [2.24, 2.45) is 0 Å². The molecule has 0 aliphatic carbocycles. The van der Waals surface area contributed by atoms with E-state index in [1.165, 1.54) is 5.56 Å². The number of nitrogens with zero attached hydrogens (tertiary/aromatic N) is 1. The fraction of sp³-hybridized carbons (Fsp3) is 0.267. The molecule has 2 aromatic rings. The largest absolute Gasteiger partial charge is 0.487 e. The predicted octanol–water partition coefficient (Wildman–Crippen LogP) is 2.94. The van der Waals surface area contributed by atoms with Crippen LogP contribution >= 0.6 is 0 Å². The topological polar surface area (TPSA) is 34.1 Å². The Morgan fingerprint density at radius 3 is 2.83 bits per heavy atom. The van der Waals surface area contributed by atoms with Crippen molar-refractivity contribution in [2.75, 3.05) is 7.05 Å². The van der Waals surface area contributed by atoms with E-state index >= 15 is 0 Å².